The number of fused-ring (bicyclic) bond motifs is 1. The van der Waals surface area contributed by atoms with Crippen molar-refractivity contribution >= 4 is 28.7 Å². The minimum atomic E-state index is -0.675. The molecule has 32 heavy (non-hydrogen) atoms. The molecule has 9 nitrogen and oxygen atoms in total. The maximum Gasteiger partial charge on any atom is 0.307 e. The molecule has 4 rings (SSSR count). The van der Waals surface area contributed by atoms with Gasteiger partial charge in [-0.3, -0.25) is 24.3 Å². The van der Waals surface area contributed by atoms with Gasteiger partial charge in [-0.15, -0.1) is 0 Å². The van der Waals surface area contributed by atoms with Crippen LogP contribution in [0.15, 0.2) is 88.8 Å². The monoisotopic (exact) mass is 427 g/mol. The molecule has 0 aliphatic rings. The predicted molar refractivity (Wildman–Crippen MR) is 120 cm³/mol. The number of aromatic nitrogens is 2. The van der Waals surface area contributed by atoms with E-state index in [1.54, 1.807) is 30.3 Å². The molecule has 0 radical (unpaired) electrons. The van der Waals surface area contributed by atoms with E-state index >= 15 is 0 Å². The van der Waals surface area contributed by atoms with E-state index in [1.165, 1.54) is 29.0 Å². The lowest BCUT2D eigenvalue weighted by Crippen LogP contribution is -2.32. The Hall–Kier alpha value is -4.66. The first-order valence-electron chi connectivity index (χ1n) is 9.64. The summed E-state index contributed by atoms with van der Waals surface area (Å²) >= 11 is 0. The molecule has 158 valence electrons. The number of nitrogens with zero attached hydrogens (tertiary/aromatic N) is 4. The van der Waals surface area contributed by atoms with Gasteiger partial charge in [-0.2, -0.15) is 5.10 Å². The Kier molecular flexibility index (Phi) is 5.80. The zero-order valence-electron chi connectivity index (χ0n) is 16.7. The molecule has 0 aliphatic heterocycles. The van der Waals surface area contributed by atoms with Crippen molar-refractivity contribution in [2.24, 2.45) is 5.10 Å². The summed E-state index contributed by atoms with van der Waals surface area (Å²) in [7, 11) is 0. The van der Waals surface area contributed by atoms with Crippen molar-refractivity contribution in [1.82, 2.24) is 15.0 Å². The topological polar surface area (TPSA) is 119 Å². The minimum Gasteiger partial charge on any atom is -0.283 e. The Morgan fingerprint density at radius 3 is 2.59 bits per heavy atom. The van der Waals surface area contributed by atoms with Gasteiger partial charge in [0.2, 0.25) is 5.82 Å². The first-order valence-corrected chi connectivity index (χ1v) is 9.64. The molecule has 0 atom stereocenters. The van der Waals surface area contributed by atoms with Gasteiger partial charge in [0.1, 0.15) is 0 Å². The van der Waals surface area contributed by atoms with Crippen molar-refractivity contribution in [3.05, 3.63) is 116 Å². The number of para-hydroxylation sites is 1. The molecule has 0 spiro atoms. The van der Waals surface area contributed by atoms with Crippen molar-refractivity contribution in [2.45, 2.75) is 6.54 Å². The molecule has 0 unspecified atom stereocenters. The Morgan fingerprint density at radius 1 is 1.06 bits per heavy atom. The molecule has 0 saturated carbocycles. The summed E-state index contributed by atoms with van der Waals surface area (Å²) in [6.45, 7) is 0.162. The minimum absolute atomic E-state index is 0.0891. The molecule has 0 fully saturated rings. The maximum absolute atomic E-state index is 13.1. The number of hydrogen-bond acceptors (Lipinski definition) is 6. The van der Waals surface area contributed by atoms with Gasteiger partial charge in [0.15, 0.2) is 0 Å². The number of hydrogen-bond donors (Lipinski definition) is 1. The van der Waals surface area contributed by atoms with Crippen molar-refractivity contribution in [1.29, 1.82) is 0 Å². The van der Waals surface area contributed by atoms with E-state index in [0.29, 0.717) is 16.5 Å². The number of nitro benzene ring substituents is 1. The number of nitro groups is 1. The molecule has 1 heterocycles. The lowest BCUT2D eigenvalue weighted by Gasteiger charge is -2.12. The van der Waals surface area contributed by atoms with Crippen LogP contribution < -0.4 is 11.0 Å². The number of carbonyl (C=O) groups excluding carboxylic acids is 1. The number of non-ortho nitro benzene ring substituents is 1. The van der Waals surface area contributed by atoms with Crippen LogP contribution in [0.25, 0.3) is 10.9 Å². The van der Waals surface area contributed by atoms with Crippen molar-refractivity contribution in [3.8, 4) is 0 Å². The Balaban J connectivity index is 1.67. The van der Waals surface area contributed by atoms with Gasteiger partial charge in [-0.25, -0.2) is 10.4 Å². The highest BCUT2D eigenvalue weighted by atomic mass is 16.6. The number of carbonyl (C=O) groups is 1. The molecule has 1 N–H and O–H groups in total. The smallest absolute Gasteiger partial charge is 0.283 e. The summed E-state index contributed by atoms with van der Waals surface area (Å²) < 4.78 is 1.30. The first-order chi connectivity index (χ1) is 15.5. The van der Waals surface area contributed by atoms with Crippen molar-refractivity contribution < 1.29 is 9.72 Å². The lowest BCUT2D eigenvalue weighted by molar-refractivity contribution is -0.384. The van der Waals surface area contributed by atoms with Gasteiger partial charge in [-0.05, 0) is 17.7 Å². The lowest BCUT2D eigenvalue weighted by atomic mass is 10.2. The number of hydrazone groups is 1. The van der Waals surface area contributed by atoms with E-state index in [4.69, 9.17) is 0 Å². The standard InChI is InChI=1S/C23H17N5O4/c29-22(26-24-14-17-9-6-10-18(13-17)28(31)32)21-25-20-12-5-4-11-19(20)23(30)27(21)15-16-7-2-1-3-8-16/h1-14H,15H2,(H,26,29)/b24-14-. The number of nitrogens with one attached hydrogen (secondary N) is 1. The van der Waals surface area contributed by atoms with Crippen LogP contribution in [-0.2, 0) is 6.54 Å². The molecule has 0 bridgehead atoms. The van der Waals surface area contributed by atoms with Crippen LogP contribution in [0.3, 0.4) is 0 Å². The fourth-order valence-corrected chi connectivity index (χ4v) is 3.19. The molecule has 3 aromatic carbocycles. The fraction of sp³-hybridized carbons (Fsp3) is 0.0435. The van der Waals surface area contributed by atoms with Crippen LogP contribution in [0.2, 0.25) is 0 Å². The molecular formula is C23H17N5O4. The first kappa shape index (κ1) is 20.6. The molecular weight excluding hydrogens is 410 g/mol. The zero-order chi connectivity index (χ0) is 22.5. The SMILES string of the molecule is O=C(N/N=C\c1cccc([N+](=O)[O-])c1)c1nc2ccccc2c(=O)n1Cc1ccccc1. The highest BCUT2D eigenvalue weighted by Gasteiger charge is 2.17. The average molecular weight is 427 g/mol. The fourth-order valence-electron chi connectivity index (χ4n) is 3.19. The van der Waals surface area contributed by atoms with Crippen LogP contribution in [0.4, 0.5) is 5.69 Å². The molecule has 1 amide bonds. The molecule has 9 heteroatoms. The summed E-state index contributed by atoms with van der Waals surface area (Å²) in [6, 6.07) is 21.9. The van der Waals surface area contributed by atoms with Gasteiger partial charge < -0.3 is 0 Å². The zero-order valence-corrected chi connectivity index (χ0v) is 16.7. The predicted octanol–water partition coefficient (Wildman–Crippen LogP) is 3.12. The molecule has 0 saturated heterocycles. The molecule has 1 aromatic heterocycles. The second-order valence-electron chi connectivity index (χ2n) is 6.88. The van der Waals surface area contributed by atoms with Crippen LogP contribution in [0.5, 0.6) is 0 Å². The molecule has 0 aliphatic carbocycles. The van der Waals surface area contributed by atoms with Gasteiger partial charge in [0.05, 0.1) is 28.6 Å². The Labute approximate surface area is 181 Å². The van der Waals surface area contributed by atoms with Crippen LogP contribution >= 0.6 is 0 Å². The summed E-state index contributed by atoms with van der Waals surface area (Å²) in [4.78, 5) is 40.7. The van der Waals surface area contributed by atoms with Gasteiger partial charge >= 0.3 is 5.91 Å². The van der Waals surface area contributed by atoms with E-state index in [2.05, 4.69) is 15.5 Å². The van der Waals surface area contributed by atoms with E-state index in [-0.39, 0.29) is 23.6 Å². The average Bonchev–Trinajstić information content (AvgIpc) is 2.81. The van der Waals surface area contributed by atoms with E-state index < -0.39 is 10.8 Å². The Morgan fingerprint density at radius 2 is 1.81 bits per heavy atom. The van der Waals surface area contributed by atoms with E-state index in [1.807, 2.05) is 30.3 Å². The Bertz CT molecular complexity index is 1400. The largest absolute Gasteiger partial charge is 0.307 e. The number of benzene rings is 3. The number of rotatable bonds is 6. The van der Waals surface area contributed by atoms with Crippen LogP contribution in [-0.4, -0.2) is 26.6 Å². The summed E-state index contributed by atoms with van der Waals surface area (Å²) in [5.41, 5.74) is 3.59. The molecule has 4 aromatic rings. The van der Waals surface area contributed by atoms with Crippen LogP contribution in [0.1, 0.15) is 21.7 Å². The van der Waals surface area contributed by atoms with E-state index in [9.17, 15) is 19.7 Å². The number of amides is 1. The van der Waals surface area contributed by atoms with Crippen molar-refractivity contribution in [3.63, 3.8) is 0 Å². The van der Waals surface area contributed by atoms with Gasteiger partial charge in [0.25, 0.3) is 11.2 Å². The van der Waals surface area contributed by atoms with E-state index in [0.717, 1.165) is 5.56 Å². The normalized spacial score (nSPS) is 11.0. The highest BCUT2D eigenvalue weighted by Crippen LogP contribution is 2.12. The second kappa shape index (κ2) is 9.00. The maximum atomic E-state index is 13.1. The second-order valence-corrected chi connectivity index (χ2v) is 6.88. The summed E-state index contributed by atoms with van der Waals surface area (Å²) in [5.74, 6) is -0.765. The third-order valence-electron chi connectivity index (χ3n) is 4.71. The third-order valence-corrected chi connectivity index (χ3v) is 4.71. The van der Waals surface area contributed by atoms with Gasteiger partial charge in [-0.1, -0.05) is 54.6 Å². The van der Waals surface area contributed by atoms with Crippen molar-refractivity contribution in [2.75, 3.05) is 0 Å². The quantitative estimate of drug-likeness (QED) is 0.288. The van der Waals surface area contributed by atoms with Crippen LogP contribution in [0, 0.1) is 10.1 Å². The summed E-state index contributed by atoms with van der Waals surface area (Å²) in [6.07, 6.45) is 1.28. The summed E-state index contributed by atoms with van der Waals surface area (Å²) in [5, 5.41) is 15.2. The highest BCUT2D eigenvalue weighted by molar-refractivity contribution is 5.93. The third kappa shape index (κ3) is 4.41. The van der Waals surface area contributed by atoms with Gasteiger partial charge in [0, 0.05) is 17.7 Å².